The third kappa shape index (κ3) is 4.60. The Labute approximate surface area is 164 Å². The fraction of sp³-hybridized carbons (Fsp3) is 0.381. The average molecular weight is 383 g/mol. The highest BCUT2D eigenvalue weighted by Gasteiger charge is 2.34. The lowest BCUT2D eigenvalue weighted by molar-refractivity contribution is 0.0137. The fourth-order valence-electron chi connectivity index (χ4n) is 3.21. The highest BCUT2D eigenvalue weighted by molar-refractivity contribution is 5.85. The van der Waals surface area contributed by atoms with Crippen molar-refractivity contribution < 1.29 is 19.4 Å². The second-order valence-corrected chi connectivity index (χ2v) is 7.73. The van der Waals surface area contributed by atoms with E-state index in [2.05, 4.69) is 4.98 Å². The number of piperazine rings is 1. The average Bonchev–Trinajstić information content (AvgIpc) is 2.67. The van der Waals surface area contributed by atoms with Crippen LogP contribution in [0.2, 0.25) is 0 Å². The van der Waals surface area contributed by atoms with Crippen molar-refractivity contribution >= 4 is 17.9 Å². The van der Waals surface area contributed by atoms with Gasteiger partial charge in [0.25, 0.3) is 0 Å². The molecule has 1 atom stereocenters. The molecule has 0 saturated carbocycles. The van der Waals surface area contributed by atoms with Crippen LogP contribution >= 0.6 is 0 Å². The minimum absolute atomic E-state index is 0.00309. The highest BCUT2D eigenvalue weighted by Crippen LogP contribution is 2.29. The molecule has 1 fully saturated rings. The number of amides is 1. The molecule has 1 saturated heterocycles. The molecule has 3 rings (SSSR count). The monoisotopic (exact) mass is 383 g/mol. The first-order valence-corrected chi connectivity index (χ1v) is 9.24. The first-order chi connectivity index (χ1) is 13.2. The van der Waals surface area contributed by atoms with Gasteiger partial charge in [0.15, 0.2) is 5.69 Å². The van der Waals surface area contributed by atoms with Gasteiger partial charge < -0.3 is 14.7 Å². The van der Waals surface area contributed by atoms with Gasteiger partial charge in [0, 0.05) is 19.6 Å². The number of ether oxygens (including phenoxy) is 1. The number of rotatable bonds is 3. The van der Waals surface area contributed by atoms with Crippen molar-refractivity contribution in [2.24, 2.45) is 0 Å². The van der Waals surface area contributed by atoms with E-state index in [-0.39, 0.29) is 17.8 Å². The predicted molar refractivity (Wildman–Crippen MR) is 106 cm³/mol. The molecular formula is C21H25N3O4. The van der Waals surface area contributed by atoms with Crippen LogP contribution in [-0.2, 0) is 4.74 Å². The minimum Gasteiger partial charge on any atom is -0.477 e. The van der Waals surface area contributed by atoms with Crippen molar-refractivity contribution in [3.63, 3.8) is 0 Å². The van der Waals surface area contributed by atoms with Crippen molar-refractivity contribution in [1.82, 2.24) is 9.88 Å². The molecule has 0 aliphatic carbocycles. The predicted octanol–water partition coefficient (Wildman–Crippen LogP) is 3.58. The van der Waals surface area contributed by atoms with Gasteiger partial charge in [-0.25, -0.2) is 14.6 Å². The SMILES string of the molecule is CC(C)(C)OC(=O)N1CCN(c2cccc(C(=O)O)n2)CC1c1ccccc1. The number of aromatic carboxylic acids is 1. The van der Waals surface area contributed by atoms with E-state index in [0.29, 0.717) is 25.5 Å². The first-order valence-electron chi connectivity index (χ1n) is 9.24. The molecule has 1 aromatic heterocycles. The number of carbonyl (C=O) groups excluding carboxylic acids is 1. The summed E-state index contributed by atoms with van der Waals surface area (Å²) in [7, 11) is 0. The Bertz CT molecular complexity index is 848. The number of aromatic nitrogens is 1. The second kappa shape index (κ2) is 7.88. The Hall–Kier alpha value is -3.09. The van der Waals surface area contributed by atoms with E-state index in [1.165, 1.54) is 6.07 Å². The molecule has 1 aliphatic heterocycles. The summed E-state index contributed by atoms with van der Waals surface area (Å²) in [6.07, 6.45) is -0.353. The highest BCUT2D eigenvalue weighted by atomic mass is 16.6. The molecular weight excluding hydrogens is 358 g/mol. The van der Waals surface area contributed by atoms with Gasteiger partial charge in [0.05, 0.1) is 6.04 Å². The maximum absolute atomic E-state index is 12.8. The van der Waals surface area contributed by atoms with Crippen LogP contribution in [-0.4, -0.2) is 52.3 Å². The van der Waals surface area contributed by atoms with E-state index in [0.717, 1.165) is 5.56 Å². The summed E-state index contributed by atoms with van der Waals surface area (Å²) in [6, 6.07) is 14.5. The van der Waals surface area contributed by atoms with Crippen LogP contribution in [0.1, 0.15) is 42.9 Å². The quantitative estimate of drug-likeness (QED) is 0.872. The number of anilines is 1. The molecule has 148 valence electrons. The number of pyridine rings is 1. The number of nitrogens with zero attached hydrogens (tertiary/aromatic N) is 3. The molecule has 1 amide bonds. The fourth-order valence-corrected chi connectivity index (χ4v) is 3.21. The molecule has 0 bridgehead atoms. The third-order valence-electron chi connectivity index (χ3n) is 4.47. The van der Waals surface area contributed by atoms with Crippen LogP contribution in [0.3, 0.4) is 0 Å². The molecule has 1 unspecified atom stereocenters. The van der Waals surface area contributed by atoms with Crippen LogP contribution in [0.15, 0.2) is 48.5 Å². The summed E-state index contributed by atoms with van der Waals surface area (Å²) in [5.74, 6) is -0.474. The summed E-state index contributed by atoms with van der Waals surface area (Å²) in [5, 5.41) is 9.21. The topological polar surface area (TPSA) is 83.0 Å². The molecule has 7 heteroatoms. The van der Waals surface area contributed by atoms with Gasteiger partial charge in [-0.15, -0.1) is 0 Å². The van der Waals surface area contributed by atoms with E-state index >= 15 is 0 Å². The van der Waals surface area contributed by atoms with Crippen molar-refractivity contribution in [1.29, 1.82) is 0 Å². The van der Waals surface area contributed by atoms with E-state index in [4.69, 9.17) is 4.74 Å². The van der Waals surface area contributed by atoms with Crippen LogP contribution in [0.4, 0.5) is 10.6 Å². The van der Waals surface area contributed by atoms with Crippen LogP contribution < -0.4 is 4.90 Å². The van der Waals surface area contributed by atoms with Gasteiger partial charge in [-0.2, -0.15) is 0 Å². The van der Waals surface area contributed by atoms with Gasteiger partial charge in [0.2, 0.25) is 0 Å². The zero-order valence-corrected chi connectivity index (χ0v) is 16.3. The second-order valence-electron chi connectivity index (χ2n) is 7.73. The number of carboxylic acid groups (broad SMARTS) is 1. The van der Waals surface area contributed by atoms with Gasteiger partial charge in [-0.3, -0.25) is 4.90 Å². The van der Waals surface area contributed by atoms with Gasteiger partial charge >= 0.3 is 12.1 Å². The first kappa shape index (κ1) is 19.7. The molecule has 28 heavy (non-hydrogen) atoms. The van der Waals surface area contributed by atoms with Crippen molar-refractivity contribution in [2.75, 3.05) is 24.5 Å². The van der Waals surface area contributed by atoms with E-state index in [1.54, 1.807) is 17.0 Å². The Morgan fingerprint density at radius 1 is 1.07 bits per heavy atom. The number of hydrogen-bond acceptors (Lipinski definition) is 5. The van der Waals surface area contributed by atoms with Crippen molar-refractivity contribution in [3.05, 3.63) is 59.8 Å². The normalized spacial score (nSPS) is 17.3. The summed E-state index contributed by atoms with van der Waals surface area (Å²) in [4.78, 5) is 32.0. The van der Waals surface area contributed by atoms with Crippen LogP contribution in [0, 0.1) is 0 Å². The standard InChI is InChI=1S/C21H25N3O4/c1-21(2,3)28-20(27)24-13-12-23(14-17(24)15-8-5-4-6-9-15)18-11-7-10-16(22-18)19(25)26/h4-11,17H,12-14H2,1-3H3,(H,25,26). The Kier molecular flexibility index (Phi) is 5.53. The van der Waals surface area contributed by atoms with E-state index in [1.807, 2.05) is 56.0 Å². The summed E-state index contributed by atoms with van der Waals surface area (Å²) < 4.78 is 5.60. The molecule has 1 aliphatic rings. The van der Waals surface area contributed by atoms with E-state index in [9.17, 15) is 14.7 Å². The van der Waals surface area contributed by atoms with Crippen LogP contribution in [0.25, 0.3) is 0 Å². The van der Waals surface area contributed by atoms with Crippen molar-refractivity contribution in [3.8, 4) is 0 Å². The molecule has 0 radical (unpaired) electrons. The van der Waals surface area contributed by atoms with E-state index < -0.39 is 11.6 Å². The summed E-state index contributed by atoms with van der Waals surface area (Å²) in [6.45, 7) is 7.03. The number of carboxylic acids is 1. The smallest absolute Gasteiger partial charge is 0.410 e. The third-order valence-corrected chi connectivity index (χ3v) is 4.47. The minimum atomic E-state index is -1.06. The van der Waals surface area contributed by atoms with Gasteiger partial charge in [-0.05, 0) is 38.5 Å². The number of carbonyl (C=O) groups is 2. The summed E-state index contributed by atoms with van der Waals surface area (Å²) >= 11 is 0. The molecule has 7 nitrogen and oxygen atoms in total. The molecule has 1 N–H and O–H groups in total. The largest absolute Gasteiger partial charge is 0.477 e. The molecule has 1 aromatic carbocycles. The lowest BCUT2D eigenvalue weighted by Gasteiger charge is -2.42. The zero-order valence-electron chi connectivity index (χ0n) is 16.3. The lowest BCUT2D eigenvalue weighted by Crippen LogP contribution is -2.52. The zero-order chi connectivity index (χ0) is 20.3. The van der Waals surface area contributed by atoms with Gasteiger partial charge in [0.1, 0.15) is 11.4 Å². The summed E-state index contributed by atoms with van der Waals surface area (Å²) in [5.41, 5.74) is 0.420. The van der Waals surface area contributed by atoms with Gasteiger partial charge in [-0.1, -0.05) is 36.4 Å². The van der Waals surface area contributed by atoms with Crippen molar-refractivity contribution in [2.45, 2.75) is 32.4 Å². The molecule has 2 aromatic rings. The maximum Gasteiger partial charge on any atom is 0.410 e. The Morgan fingerprint density at radius 2 is 1.79 bits per heavy atom. The Morgan fingerprint density at radius 3 is 2.43 bits per heavy atom. The number of hydrogen-bond donors (Lipinski definition) is 1. The lowest BCUT2D eigenvalue weighted by atomic mass is 10.0. The molecule has 0 spiro atoms. The Balaban J connectivity index is 1.88. The number of benzene rings is 1. The van der Waals surface area contributed by atoms with Crippen LogP contribution in [0.5, 0.6) is 0 Å². The maximum atomic E-state index is 12.8. The molecule has 2 heterocycles.